The zero-order valence-electron chi connectivity index (χ0n) is 10.5. The van der Waals surface area contributed by atoms with Gasteiger partial charge in [-0.25, -0.2) is 0 Å². The van der Waals surface area contributed by atoms with Gasteiger partial charge in [0.25, 0.3) is 0 Å². The number of hydrogen-bond donors (Lipinski definition) is 0. The molecule has 0 heterocycles. The molecule has 0 fully saturated rings. The van der Waals surface area contributed by atoms with Crippen LogP contribution < -0.4 is 0 Å². The Morgan fingerprint density at radius 3 is 2.35 bits per heavy atom. The fourth-order valence-corrected chi connectivity index (χ4v) is 2.10. The molecule has 0 bridgehead atoms. The van der Waals surface area contributed by atoms with Crippen molar-refractivity contribution in [3.63, 3.8) is 0 Å². The van der Waals surface area contributed by atoms with Gasteiger partial charge in [-0.1, -0.05) is 29.8 Å². The lowest BCUT2D eigenvalue weighted by Crippen LogP contribution is -2.33. The van der Waals surface area contributed by atoms with Gasteiger partial charge in [-0.15, -0.1) is 0 Å². The molecular formula is C13H17ClO3. The van der Waals surface area contributed by atoms with Gasteiger partial charge in [-0.05, 0) is 19.9 Å². The lowest BCUT2D eigenvalue weighted by atomic mass is 9.82. The van der Waals surface area contributed by atoms with E-state index in [9.17, 15) is 4.79 Å². The van der Waals surface area contributed by atoms with Crippen molar-refractivity contribution in [3.05, 3.63) is 34.9 Å². The topological polar surface area (TPSA) is 35.5 Å². The smallest absolute Gasteiger partial charge is 0.314 e. The van der Waals surface area contributed by atoms with Crippen LogP contribution in [-0.2, 0) is 14.3 Å². The Labute approximate surface area is 107 Å². The van der Waals surface area contributed by atoms with E-state index in [2.05, 4.69) is 0 Å². The number of esters is 1. The van der Waals surface area contributed by atoms with Crippen LogP contribution >= 0.6 is 11.6 Å². The zero-order valence-corrected chi connectivity index (χ0v) is 11.2. The van der Waals surface area contributed by atoms with Crippen molar-refractivity contribution < 1.29 is 14.3 Å². The Balaban J connectivity index is 3.16. The maximum absolute atomic E-state index is 11.8. The van der Waals surface area contributed by atoms with Gasteiger partial charge in [0.15, 0.2) is 0 Å². The third-order valence-electron chi connectivity index (χ3n) is 2.79. The molecule has 0 aliphatic rings. The van der Waals surface area contributed by atoms with E-state index in [1.54, 1.807) is 27.0 Å². The first-order valence-electron chi connectivity index (χ1n) is 5.30. The average Bonchev–Trinajstić information content (AvgIpc) is 2.31. The zero-order chi connectivity index (χ0) is 13.1. The monoisotopic (exact) mass is 256 g/mol. The molecule has 94 valence electrons. The molecule has 4 heteroatoms. The highest BCUT2D eigenvalue weighted by Crippen LogP contribution is 2.39. The van der Waals surface area contributed by atoms with Crippen LogP contribution in [0.5, 0.6) is 0 Å². The van der Waals surface area contributed by atoms with Crippen molar-refractivity contribution in [2.24, 2.45) is 5.41 Å². The Kier molecular flexibility index (Phi) is 4.54. The van der Waals surface area contributed by atoms with E-state index in [1.165, 1.54) is 7.11 Å². The van der Waals surface area contributed by atoms with Crippen LogP contribution in [0.3, 0.4) is 0 Å². The van der Waals surface area contributed by atoms with Crippen molar-refractivity contribution in [2.75, 3.05) is 14.2 Å². The highest BCUT2D eigenvalue weighted by Gasteiger charge is 2.40. The average molecular weight is 257 g/mol. The number of ether oxygens (including phenoxy) is 2. The maximum Gasteiger partial charge on any atom is 0.314 e. The highest BCUT2D eigenvalue weighted by molar-refractivity contribution is 6.31. The molecule has 1 rings (SSSR count). The molecule has 0 saturated carbocycles. The number of carbonyl (C=O) groups is 1. The van der Waals surface area contributed by atoms with Crippen LogP contribution in [-0.4, -0.2) is 20.2 Å². The molecule has 1 unspecified atom stereocenters. The van der Waals surface area contributed by atoms with E-state index in [-0.39, 0.29) is 5.97 Å². The molecule has 1 aromatic rings. The Bertz CT molecular complexity index is 401. The molecule has 0 aromatic heterocycles. The molecule has 17 heavy (non-hydrogen) atoms. The van der Waals surface area contributed by atoms with E-state index in [4.69, 9.17) is 21.1 Å². The van der Waals surface area contributed by atoms with E-state index < -0.39 is 11.5 Å². The summed E-state index contributed by atoms with van der Waals surface area (Å²) in [6, 6.07) is 7.32. The first-order valence-corrected chi connectivity index (χ1v) is 5.68. The number of halogens is 1. The molecule has 0 radical (unpaired) electrons. The normalized spacial score (nSPS) is 13.2. The van der Waals surface area contributed by atoms with Gasteiger partial charge < -0.3 is 9.47 Å². The summed E-state index contributed by atoms with van der Waals surface area (Å²) >= 11 is 6.12. The van der Waals surface area contributed by atoms with Crippen molar-refractivity contribution in [2.45, 2.75) is 20.0 Å². The van der Waals surface area contributed by atoms with E-state index in [0.29, 0.717) is 5.02 Å². The maximum atomic E-state index is 11.8. The minimum Gasteiger partial charge on any atom is -0.469 e. The number of methoxy groups -OCH3 is 2. The molecule has 0 saturated heterocycles. The second-order valence-electron chi connectivity index (χ2n) is 4.35. The minimum atomic E-state index is -0.797. The molecule has 0 spiro atoms. The molecule has 3 nitrogen and oxygen atoms in total. The lowest BCUT2D eigenvalue weighted by Gasteiger charge is -2.31. The molecule has 0 N–H and O–H groups in total. The summed E-state index contributed by atoms with van der Waals surface area (Å²) in [6.07, 6.45) is -0.441. The Hall–Kier alpha value is -1.06. The number of benzene rings is 1. The standard InChI is InChI=1S/C13H17ClO3/c1-13(2,12(15)17-4)11(16-3)9-7-5-6-8-10(9)14/h5-8,11H,1-4H3. The second-order valence-corrected chi connectivity index (χ2v) is 4.76. The van der Waals surface area contributed by atoms with Gasteiger partial charge >= 0.3 is 5.97 Å². The quantitative estimate of drug-likeness (QED) is 0.776. The van der Waals surface area contributed by atoms with E-state index in [0.717, 1.165) is 5.56 Å². The SMILES string of the molecule is COC(=O)C(C)(C)C(OC)c1ccccc1Cl. The van der Waals surface area contributed by atoms with Crippen molar-refractivity contribution in [1.29, 1.82) is 0 Å². The second kappa shape index (κ2) is 5.52. The summed E-state index contributed by atoms with van der Waals surface area (Å²) in [5.41, 5.74) is -0.0128. The third-order valence-corrected chi connectivity index (χ3v) is 3.13. The van der Waals surface area contributed by atoms with Gasteiger partial charge in [0.1, 0.15) is 0 Å². The fraction of sp³-hybridized carbons (Fsp3) is 0.462. The fourth-order valence-electron chi connectivity index (χ4n) is 1.87. The molecule has 0 amide bonds. The van der Waals surface area contributed by atoms with E-state index >= 15 is 0 Å². The number of rotatable bonds is 4. The van der Waals surface area contributed by atoms with Crippen LogP contribution in [0, 0.1) is 5.41 Å². The van der Waals surface area contributed by atoms with Crippen LogP contribution in [0.15, 0.2) is 24.3 Å². The van der Waals surface area contributed by atoms with Gasteiger partial charge in [0, 0.05) is 17.7 Å². The molecule has 1 aromatic carbocycles. The first kappa shape index (κ1) is 14.0. The van der Waals surface area contributed by atoms with Crippen molar-refractivity contribution in [1.82, 2.24) is 0 Å². The van der Waals surface area contributed by atoms with Gasteiger partial charge in [0.2, 0.25) is 0 Å². The third kappa shape index (κ3) is 2.79. The Morgan fingerprint density at radius 2 is 1.88 bits per heavy atom. The predicted molar refractivity (Wildman–Crippen MR) is 67.0 cm³/mol. The lowest BCUT2D eigenvalue weighted by molar-refractivity contribution is -0.159. The van der Waals surface area contributed by atoms with E-state index in [1.807, 2.05) is 18.2 Å². The number of hydrogen-bond acceptors (Lipinski definition) is 3. The summed E-state index contributed by atoms with van der Waals surface area (Å²) in [4.78, 5) is 11.8. The summed E-state index contributed by atoms with van der Waals surface area (Å²) in [5, 5.41) is 0.580. The molecular weight excluding hydrogens is 240 g/mol. The van der Waals surface area contributed by atoms with Crippen LogP contribution in [0.4, 0.5) is 0 Å². The van der Waals surface area contributed by atoms with Gasteiger partial charge in [-0.3, -0.25) is 4.79 Å². The summed E-state index contributed by atoms with van der Waals surface area (Å²) in [6.45, 7) is 3.55. The highest BCUT2D eigenvalue weighted by atomic mass is 35.5. The minimum absolute atomic E-state index is 0.329. The van der Waals surface area contributed by atoms with Crippen LogP contribution in [0.2, 0.25) is 5.02 Å². The van der Waals surface area contributed by atoms with Crippen molar-refractivity contribution in [3.8, 4) is 0 Å². The summed E-state index contributed by atoms with van der Waals surface area (Å²) in [5.74, 6) is -0.329. The summed E-state index contributed by atoms with van der Waals surface area (Å²) in [7, 11) is 2.92. The van der Waals surface area contributed by atoms with Crippen molar-refractivity contribution >= 4 is 17.6 Å². The van der Waals surface area contributed by atoms with Gasteiger partial charge in [-0.2, -0.15) is 0 Å². The molecule has 0 aliphatic heterocycles. The molecule has 1 atom stereocenters. The molecule has 0 aliphatic carbocycles. The predicted octanol–water partition coefficient (Wildman–Crippen LogP) is 3.23. The van der Waals surface area contributed by atoms with Crippen LogP contribution in [0.1, 0.15) is 25.5 Å². The number of carbonyl (C=O) groups excluding carboxylic acids is 1. The van der Waals surface area contributed by atoms with Gasteiger partial charge in [0.05, 0.1) is 18.6 Å². The first-order chi connectivity index (χ1) is 7.95. The largest absolute Gasteiger partial charge is 0.469 e. The Morgan fingerprint density at radius 1 is 1.29 bits per heavy atom. The van der Waals surface area contributed by atoms with Crippen LogP contribution in [0.25, 0.3) is 0 Å². The summed E-state index contributed by atoms with van der Waals surface area (Å²) < 4.78 is 10.2.